The number of amides is 2. The van der Waals surface area contributed by atoms with Gasteiger partial charge in [0.2, 0.25) is 5.91 Å². The van der Waals surface area contributed by atoms with Crippen molar-refractivity contribution in [2.45, 2.75) is 6.54 Å². The van der Waals surface area contributed by atoms with Crippen molar-refractivity contribution in [2.75, 3.05) is 6.54 Å². The van der Waals surface area contributed by atoms with Crippen molar-refractivity contribution in [2.24, 2.45) is 0 Å². The number of halogens is 1. The topological polar surface area (TPSA) is 89.2 Å². The third-order valence-corrected chi connectivity index (χ3v) is 4.55. The van der Waals surface area contributed by atoms with Gasteiger partial charge in [-0.2, -0.15) is 5.10 Å². The van der Waals surface area contributed by atoms with E-state index in [1.54, 1.807) is 35.1 Å². The van der Waals surface area contributed by atoms with Gasteiger partial charge in [-0.05, 0) is 48.5 Å². The predicted octanol–water partition coefficient (Wildman–Crippen LogP) is 3.32. The van der Waals surface area contributed by atoms with E-state index >= 15 is 0 Å². The molecule has 0 saturated carbocycles. The number of nitrogens with one attached hydrogen (secondary N) is 2. The number of para-hydroxylation sites is 1. The molecular formula is C23H19FN4O3. The lowest BCUT2D eigenvalue weighted by molar-refractivity contribution is -0.120. The second-order valence-electron chi connectivity index (χ2n) is 6.72. The molecule has 2 amide bonds. The molecule has 156 valence electrons. The Morgan fingerprint density at radius 2 is 1.74 bits per heavy atom. The fourth-order valence-electron chi connectivity index (χ4n) is 2.99. The second kappa shape index (κ2) is 9.08. The third-order valence-electron chi connectivity index (χ3n) is 4.55. The summed E-state index contributed by atoms with van der Waals surface area (Å²) in [6.07, 6.45) is 3.11. The molecule has 0 aliphatic carbocycles. The van der Waals surface area contributed by atoms with Crippen LogP contribution < -0.4 is 10.6 Å². The molecule has 0 aliphatic heterocycles. The van der Waals surface area contributed by atoms with Crippen LogP contribution in [0.1, 0.15) is 16.1 Å². The number of carbonyl (C=O) groups excluding carboxylic acids is 2. The predicted molar refractivity (Wildman–Crippen MR) is 112 cm³/mol. The molecule has 7 nitrogen and oxygen atoms in total. The maximum atomic E-state index is 13.4. The number of hydrogen-bond donors (Lipinski definition) is 2. The third kappa shape index (κ3) is 4.87. The molecule has 0 atom stereocenters. The van der Waals surface area contributed by atoms with E-state index in [4.69, 9.17) is 4.42 Å². The lowest BCUT2D eigenvalue weighted by atomic mass is 10.1. The van der Waals surface area contributed by atoms with Gasteiger partial charge in [0.1, 0.15) is 17.3 Å². The van der Waals surface area contributed by atoms with Crippen molar-refractivity contribution in [1.29, 1.82) is 0 Å². The van der Waals surface area contributed by atoms with Gasteiger partial charge < -0.3 is 15.1 Å². The summed E-state index contributed by atoms with van der Waals surface area (Å²) in [5.74, 6) is -0.592. The van der Waals surface area contributed by atoms with Crippen molar-refractivity contribution in [3.8, 4) is 16.9 Å². The first-order valence-electron chi connectivity index (χ1n) is 9.58. The van der Waals surface area contributed by atoms with Crippen molar-refractivity contribution < 1.29 is 18.4 Å². The average Bonchev–Trinajstić information content (AvgIpc) is 3.47. The molecule has 0 saturated heterocycles. The van der Waals surface area contributed by atoms with Gasteiger partial charge in [-0.1, -0.05) is 18.2 Å². The zero-order valence-electron chi connectivity index (χ0n) is 16.4. The second-order valence-corrected chi connectivity index (χ2v) is 6.72. The summed E-state index contributed by atoms with van der Waals surface area (Å²) in [5.41, 5.74) is 2.01. The summed E-state index contributed by atoms with van der Waals surface area (Å²) in [4.78, 5) is 24.9. The highest BCUT2D eigenvalue weighted by molar-refractivity contribution is 6.01. The number of aromatic nitrogens is 2. The molecule has 2 aromatic heterocycles. The molecule has 0 aliphatic rings. The Bertz CT molecular complexity index is 1170. The summed E-state index contributed by atoms with van der Waals surface area (Å²) in [6.45, 7) is 0.0212. The maximum Gasteiger partial charge on any atom is 0.255 e. The molecule has 0 bridgehead atoms. The maximum absolute atomic E-state index is 13.4. The smallest absolute Gasteiger partial charge is 0.255 e. The van der Waals surface area contributed by atoms with E-state index in [0.717, 1.165) is 5.69 Å². The molecule has 0 spiro atoms. The number of nitrogens with zero attached hydrogens (tertiary/aromatic N) is 2. The van der Waals surface area contributed by atoms with Gasteiger partial charge in [-0.25, -0.2) is 9.07 Å². The van der Waals surface area contributed by atoms with E-state index in [0.29, 0.717) is 17.0 Å². The number of furan rings is 1. The lowest BCUT2D eigenvalue weighted by Gasteiger charge is -2.06. The zero-order valence-corrected chi connectivity index (χ0v) is 16.4. The summed E-state index contributed by atoms with van der Waals surface area (Å²) in [5, 5.41) is 9.79. The molecule has 4 aromatic rings. The van der Waals surface area contributed by atoms with Gasteiger partial charge >= 0.3 is 0 Å². The summed E-state index contributed by atoms with van der Waals surface area (Å²) < 4.78 is 20.1. The normalized spacial score (nSPS) is 10.6. The standard InChI is InChI=1S/C23H19FN4O3/c24-17-10-8-16(9-11-17)22-20(15-28(27-22)18-5-2-1-3-6-18)23(30)26-14-21(29)25-13-19-7-4-12-31-19/h1-12,15H,13-14H2,(H,25,29)(H,26,30). The van der Waals surface area contributed by atoms with Crippen LogP contribution in [0.25, 0.3) is 16.9 Å². The largest absolute Gasteiger partial charge is 0.467 e. The number of hydrogen-bond acceptors (Lipinski definition) is 4. The quantitative estimate of drug-likeness (QED) is 0.482. The minimum atomic E-state index is -0.463. The number of benzene rings is 2. The van der Waals surface area contributed by atoms with Crippen molar-refractivity contribution in [1.82, 2.24) is 20.4 Å². The van der Waals surface area contributed by atoms with Crippen LogP contribution in [0.3, 0.4) is 0 Å². The highest BCUT2D eigenvalue weighted by atomic mass is 19.1. The highest BCUT2D eigenvalue weighted by Crippen LogP contribution is 2.24. The van der Waals surface area contributed by atoms with Gasteiger partial charge in [-0.3, -0.25) is 9.59 Å². The number of carbonyl (C=O) groups is 2. The minimum Gasteiger partial charge on any atom is -0.467 e. The molecule has 0 fully saturated rings. The monoisotopic (exact) mass is 418 g/mol. The minimum absolute atomic E-state index is 0.209. The van der Waals surface area contributed by atoms with Crippen LogP contribution in [0, 0.1) is 5.82 Å². The molecule has 0 radical (unpaired) electrons. The van der Waals surface area contributed by atoms with E-state index in [2.05, 4.69) is 15.7 Å². The van der Waals surface area contributed by atoms with Crippen molar-refractivity contribution >= 4 is 11.8 Å². The van der Waals surface area contributed by atoms with E-state index < -0.39 is 5.91 Å². The Kier molecular flexibility index (Phi) is 5.89. The van der Waals surface area contributed by atoms with E-state index in [9.17, 15) is 14.0 Å². The first-order chi connectivity index (χ1) is 15.1. The van der Waals surface area contributed by atoms with Crippen LogP contribution in [0.2, 0.25) is 0 Å². The SMILES string of the molecule is O=C(CNC(=O)c1cn(-c2ccccc2)nc1-c1ccc(F)cc1)NCc1ccco1. The van der Waals surface area contributed by atoms with Crippen LogP contribution in [0.5, 0.6) is 0 Å². The summed E-state index contributed by atoms with van der Waals surface area (Å²) in [6, 6.07) is 18.5. The van der Waals surface area contributed by atoms with Crippen molar-refractivity contribution in [3.63, 3.8) is 0 Å². The lowest BCUT2D eigenvalue weighted by Crippen LogP contribution is -2.36. The van der Waals surface area contributed by atoms with Crippen LogP contribution in [-0.4, -0.2) is 28.1 Å². The fourth-order valence-corrected chi connectivity index (χ4v) is 2.99. The van der Waals surface area contributed by atoms with Gasteiger partial charge in [0.25, 0.3) is 5.91 Å². The van der Waals surface area contributed by atoms with Crippen LogP contribution in [-0.2, 0) is 11.3 Å². The molecule has 2 heterocycles. The van der Waals surface area contributed by atoms with E-state index in [-0.39, 0.29) is 30.4 Å². The Morgan fingerprint density at radius 3 is 2.45 bits per heavy atom. The molecule has 2 aromatic carbocycles. The molecule has 31 heavy (non-hydrogen) atoms. The van der Waals surface area contributed by atoms with Gasteiger partial charge in [0.05, 0.1) is 30.6 Å². The molecule has 0 unspecified atom stereocenters. The van der Waals surface area contributed by atoms with Gasteiger partial charge in [-0.15, -0.1) is 0 Å². The van der Waals surface area contributed by atoms with Crippen LogP contribution in [0.15, 0.2) is 83.6 Å². The van der Waals surface area contributed by atoms with Crippen molar-refractivity contribution in [3.05, 3.63) is 96.3 Å². The molecule has 8 heteroatoms. The average molecular weight is 418 g/mol. The van der Waals surface area contributed by atoms with Crippen LogP contribution in [0.4, 0.5) is 4.39 Å². The van der Waals surface area contributed by atoms with Crippen LogP contribution >= 0.6 is 0 Å². The first kappa shape index (κ1) is 20.1. The molecule has 2 N–H and O–H groups in total. The Hall–Kier alpha value is -4.20. The van der Waals surface area contributed by atoms with Gasteiger partial charge in [0.15, 0.2) is 0 Å². The Morgan fingerprint density at radius 1 is 0.968 bits per heavy atom. The Balaban J connectivity index is 1.52. The van der Waals surface area contributed by atoms with Gasteiger partial charge in [0, 0.05) is 11.8 Å². The van der Waals surface area contributed by atoms with E-state index in [1.165, 1.54) is 18.4 Å². The zero-order chi connectivity index (χ0) is 21.6. The van der Waals surface area contributed by atoms with E-state index in [1.807, 2.05) is 30.3 Å². The molecular weight excluding hydrogens is 399 g/mol. The highest BCUT2D eigenvalue weighted by Gasteiger charge is 2.19. The first-order valence-corrected chi connectivity index (χ1v) is 9.58. The Labute approximate surface area is 177 Å². The molecule has 4 rings (SSSR count). The summed E-state index contributed by atoms with van der Waals surface area (Å²) >= 11 is 0. The fraction of sp³-hybridized carbons (Fsp3) is 0.0870. The summed E-state index contributed by atoms with van der Waals surface area (Å²) in [7, 11) is 0. The number of rotatable bonds is 7.